The van der Waals surface area contributed by atoms with Gasteiger partial charge in [0, 0.05) is 24.6 Å². The highest BCUT2D eigenvalue weighted by atomic mass is 35.5. The molecule has 0 saturated carbocycles. The lowest BCUT2D eigenvalue weighted by Gasteiger charge is -2.29. The van der Waals surface area contributed by atoms with Crippen molar-refractivity contribution in [2.45, 2.75) is 18.9 Å². The summed E-state index contributed by atoms with van der Waals surface area (Å²) in [5.74, 6) is 1.15. The lowest BCUT2D eigenvalue weighted by Crippen LogP contribution is -2.22. The number of thiazole rings is 1. The standard InChI is InChI=1S/C9H12ClNOS/c10-4-7-2-1-3-12-9(7)8-5-11-6-13-8/h5-7,9H,1-4H2. The minimum Gasteiger partial charge on any atom is -0.372 e. The quantitative estimate of drug-likeness (QED) is 0.711. The molecule has 1 aliphatic heterocycles. The first-order chi connectivity index (χ1) is 6.42. The highest BCUT2D eigenvalue weighted by Crippen LogP contribution is 2.35. The smallest absolute Gasteiger partial charge is 0.0972 e. The monoisotopic (exact) mass is 217 g/mol. The Labute approximate surface area is 86.9 Å². The number of alkyl halides is 1. The van der Waals surface area contributed by atoms with E-state index in [1.54, 1.807) is 11.3 Å². The molecule has 1 aromatic heterocycles. The summed E-state index contributed by atoms with van der Waals surface area (Å²) in [5, 5.41) is 0. The van der Waals surface area contributed by atoms with E-state index in [1.165, 1.54) is 11.3 Å². The van der Waals surface area contributed by atoms with Crippen molar-refractivity contribution in [3.63, 3.8) is 0 Å². The molecule has 0 aliphatic carbocycles. The topological polar surface area (TPSA) is 22.1 Å². The van der Waals surface area contributed by atoms with Crippen molar-refractivity contribution in [1.29, 1.82) is 0 Å². The van der Waals surface area contributed by atoms with Crippen molar-refractivity contribution in [3.8, 4) is 0 Å². The van der Waals surface area contributed by atoms with Crippen LogP contribution >= 0.6 is 22.9 Å². The van der Waals surface area contributed by atoms with Gasteiger partial charge in [0.2, 0.25) is 0 Å². The van der Waals surface area contributed by atoms with Crippen molar-refractivity contribution in [2.24, 2.45) is 5.92 Å². The van der Waals surface area contributed by atoms with Crippen LogP contribution in [0.1, 0.15) is 23.8 Å². The highest BCUT2D eigenvalue weighted by molar-refractivity contribution is 7.09. The van der Waals surface area contributed by atoms with Crippen LogP contribution in [0, 0.1) is 5.92 Å². The van der Waals surface area contributed by atoms with Crippen molar-refractivity contribution >= 4 is 22.9 Å². The molecule has 1 aromatic rings. The number of hydrogen-bond acceptors (Lipinski definition) is 3. The van der Waals surface area contributed by atoms with Gasteiger partial charge in [0.1, 0.15) is 0 Å². The van der Waals surface area contributed by atoms with Crippen LogP contribution in [0.2, 0.25) is 0 Å². The molecule has 72 valence electrons. The summed E-state index contributed by atoms with van der Waals surface area (Å²) in [6, 6.07) is 0. The predicted molar refractivity (Wildman–Crippen MR) is 54.3 cm³/mol. The van der Waals surface area contributed by atoms with E-state index >= 15 is 0 Å². The molecule has 0 N–H and O–H groups in total. The molecule has 2 nitrogen and oxygen atoms in total. The molecule has 1 fully saturated rings. The van der Waals surface area contributed by atoms with Crippen molar-refractivity contribution in [3.05, 3.63) is 16.6 Å². The number of rotatable bonds is 2. The lowest BCUT2D eigenvalue weighted by molar-refractivity contribution is -0.0187. The summed E-state index contributed by atoms with van der Waals surface area (Å²) in [6.45, 7) is 0.857. The summed E-state index contributed by atoms with van der Waals surface area (Å²) in [4.78, 5) is 5.27. The Kier molecular flexibility index (Phi) is 3.19. The number of ether oxygens (including phenoxy) is 1. The van der Waals surface area contributed by atoms with Crippen LogP contribution in [0.3, 0.4) is 0 Å². The van der Waals surface area contributed by atoms with E-state index < -0.39 is 0 Å². The molecular formula is C9H12ClNOS. The summed E-state index contributed by atoms with van der Waals surface area (Å²) < 4.78 is 5.71. The van der Waals surface area contributed by atoms with Gasteiger partial charge in [-0.05, 0) is 12.8 Å². The van der Waals surface area contributed by atoms with Crippen molar-refractivity contribution in [2.75, 3.05) is 12.5 Å². The Morgan fingerprint density at radius 3 is 3.31 bits per heavy atom. The molecule has 1 saturated heterocycles. The average Bonchev–Trinajstić information content (AvgIpc) is 2.70. The second kappa shape index (κ2) is 4.40. The van der Waals surface area contributed by atoms with Gasteiger partial charge in [-0.1, -0.05) is 0 Å². The maximum Gasteiger partial charge on any atom is 0.0972 e. The minimum atomic E-state index is 0.193. The zero-order valence-corrected chi connectivity index (χ0v) is 8.85. The van der Waals surface area contributed by atoms with Gasteiger partial charge in [0.25, 0.3) is 0 Å². The number of hydrogen-bond donors (Lipinski definition) is 0. The molecule has 2 unspecified atom stereocenters. The first-order valence-electron chi connectivity index (χ1n) is 4.48. The second-order valence-electron chi connectivity index (χ2n) is 3.25. The fraction of sp³-hybridized carbons (Fsp3) is 0.667. The molecule has 0 radical (unpaired) electrons. The van der Waals surface area contributed by atoms with Gasteiger partial charge in [-0.25, -0.2) is 0 Å². The summed E-state index contributed by atoms with van der Waals surface area (Å²) in [5.41, 5.74) is 1.85. The largest absolute Gasteiger partial charge is 0.372 e. The minimum absolute atomic E-state index is 0.193. The van der Waals surface area contributed by atoms with Gasteiger partial charge in [-0.3, -0.25) is 4.98 Å². The fourth-order valence-electron chi connectivity index (χ4n) is 1.68. The summed E-state index contributed by atoms with van der Waals surface area (Å²) in [6.07, 6.45) is 4.39. The van der Waals surface area contributed by atoms with E-state index in [4.69, 9.17) is 16.3 Å². The fourth-order valence-corrected chi connectivity index (χ4v) is 2.76. The third kappa shape index (κ3) is 2.03. The molecule has 1 aliphatic rings. The maximum atomic E-state index is 5.90. The zero-order chi connectivity index (χ0) is 9.10. The zero-order valence-electron chi connectivity index (χ0n) is 7.28. The Morgan fingerprint density at radius 1 is 1.69 bits per heavy atom. The van der Waals surface area contributed by atoms with E-state index in [-0.39, 0.29) is 6.10 Å². The molecule has 4 heteroatoms. The highest BCUT2D eigenvalue weighted by Gasteiger charge is 2.27. The van der Waals surface area contributed by atoms with Gasteiger partial charge in [0.05, 0.1) is 16.5 Å². The maximum absolute atomic E-state index is 5.90. The predicted octanol–water partition coefficient (Wildman–Crippen LogP) is 2.85. The molecule has 2 atom stereocenters. The average molecular weight is 218 g/mol. The molecule has 0 spiro atoms. The van der Waals surface area contributed by atoms with Crippen LogP contribution in [0.15, 0.2) is 11.7 Å². The molecule has 2 heterocycles. The third-order valence-electron chi connectivity index (χ3n) is 2.37. The molecule has 13 heavy (non-hydrogen) atoms. The first-order valence-corrected chi connectivity index (χ1v) is 5.89. The molecule has 0 aromatic carbocycles. The van der Waals surface area contributed by atoms with Crippen LogP contribution < -0.4 is 0 Å². The lowest BCUT2D eigenvalue weighted by atomic mass is 9.95. The second-order valence-corrected chi connectivity index (χ2v) is 4.48. The molecular weight excluding hydrogens is 206 g/mol. The van der Waals surface area contributed by atoms with E-state index in [0.717, 1.165) is 13.0 Å². The Morgan fingerprint density at radius 2 is 2.62 bits per heavy atom. The summed E-state index contributed by atoms with van der Waals surface area (Å²) >= 11 is 7.55. The van der Waals surface area contributed by atoms with Crippen LogP contribution in [0.5, 0.6) is 0 Å². The van der Waals surface area contributed by atoms with Crippen LogP contribution in [-0.4, -0.2) is 17.5 Å². The molecule has 2 rings (SSSR count). The number of aromatic nitrogens is 1. The van der Waals surface area contributed by atoms with E-state index in [0.29, 0.717) is 11.8 Å². The Balaban J connectivity index is 2.11. The SMILES string of the molecule is ClCC1CCCOC1c1cncs1. The van der Waals surface area contributed by atoms with Crippen molar-refractivity contribution in [1.82, 2.24) is 4.98 Å². The number of nitrogens with zero attached hydrogens (tertiary/aromatic N) is 1. The normalized spacial score (nSPS) is 29.0. The van der Waals surface area contributed by atoms with Crippen molar-refractivity contribution < 1.29 is 4.74 Å². The van der Waals surface area contributed by atoms with Crippen LogP contribution in [-0.2, 0) is 4.74 Å². The van der Waals surface area contributed by atoms with E-state index in [9.17, 15) is 0 Å². The van der Waals surface area contributed by atoms with Gasteiger partial charge in [-0.2, -0.15) is 0 Å². The molecule has 0 amide bonds. The van der Waals surface area contributed by atoms with E-state index in [1.807, 2.05) is 11.7 Å². The van der Waals surface area contributed by atoms with Gasteiger partial charge in [0.15, 0.2) is 0 Å². The van der Waals surface area contributed by atoms with Crippen LogP contribution in [0.4, 0.5) is 0 Å². The molecule has 0 bridgehead atoms. The Bertz CT molecular complexity index is 252. The number of halogens is 1. The van der Waals surface area contributed by atoms with E-state index in [2.05, 4.69) is 4.98 Å². The summed E-state index contributed by atoms with van der Waals surface area (Å²) in [7, 11) is 0. The first kappa shape index (κ1) is 9.44. The van der Waals surface area contributed by atoms with Gasteiger partial charge >= 0.3 is 0 Å². The van der Waals surface area contributed by atoms with Gasteiger partial charge in [-0.15, -0.1) is 22.9 Å². The van der Waals surface area contributed by atoms with Gasteiger partial charge < -0.3 is 4.74 Å². The third-order valence-corrected chi connectivity index (χ3v) is 3.61. The van der Waals surface area contributed by atoms with Crippen LogP contribution in [0.25, 0.3) is 0 Å². The Hall–Kier alpha value is -0.120.